The summed E-state index contributed by atoms with van der Waals surface area (Å²) < 4.78 is 9.99. The van der Waals surface area contributed by atoms with Gasteiger partial charge in [-0.25, -0.2) is 0 Å². The van der Waals surface area contributed by atoms with E-state index in [1.165, 1.54) is 44.6 Å². The van der Waals surface area contributed by atoms with Gasteiger partial charge in [-0.15, -0.1) is 0 Å². The lowest BCUT2D eigenvalue weighted by atomic mass is 10.1. The van der Waals surface area contributed by atoms with Gasteiger partial charge in [0.15, 0.2) is 34.6 Å². The van der Waals surface area contributed by atoms with E-state index in [4.69, 9.17) is 9.47 Å². The van der Waals surface area contributed by atoms with Crippen molar-refractivity contribution in [1.29, 1.82) is 0 Å². The van der Waals surface area contributed by atoms with Crippen LogP contribution in [0.15, 0.2) is 48.6 Å². The highest BCUT2D eigenvalue weighted by Crippen LogP contribution is 2.30. The number of hydrogen-bond donors (Lipinski definition) is 2. The summed E-state index contributed by atoms with van der Waals surface area (Å²) in [4.78, 5) is 23.9. The van der Waals surface area contributed by atoms with Crippen molar-refractivity contribution in [3.05, 3.63) is 59.7 Å². The van der Waals surface area contributed by atoms with Crippen LogP contribution in [0.2, 0.25) is 0 Å². The van der Waals surface area contributed by atoms with Gasteiger partial charge >= 0.3 is 0 Å². The highest BCUT2D eigenvalue weighted by atomic mass is 16.5. The van der Waals surface area contributed by atoms with E-state index >= 15 is 0 Å². The second-order valence-electron chi connectivity index (χ2n) is 5.61. The zero-order valence-electron chi connectivity index (χ0n) is 15.0. The highest BCUT2D eigenvalue weighted by Gasteiger charge is 2.07. The van der Waals surface area contributed by atoms with Crippen LogP contribution >= 0.6 is 0 Å². The number of phenolic OH excluding ortho intramolecular Hbond substituents is 2. The third-order valence-electron chi connectivity index (χ3n) is 3.71. The van der Waals surface area contributed by atoms with E-state index in [0.717, 1.165) is 0 Å². The predicted octanol–water partition coefficient (Wildman–Crippen LogP) is 3.37. The number of rotatable bonds is 8. The van der Waals surface area contributed by atoms with Crippen molar-refractivity contribution in [2.45, 2.75) is 6.42 Å². The molecule has 0 radical (unpaired) electrons. The molecule has 27 heavy (non-hydrogen) atoms. The summed E-state index contributed by atoms with van der Waals surface area (Å²) in [6.07, 6.45) is 5.20. The first-order valence-electron chi connectivity index (χ1n) is 8.09. The monoisotopic (exact) mass is 368 g/mol. The van der Waals surface area contributed by atoms with E-state index in [1.54, 1.807) is 30.3 Å². The summed E-state index contributed by atoms with van der Waals surface area (Å²) >= 11 is 0. The SMILES string of the molecule is COc1cc(/C=C/C(=O)CC(=O)/C=C/c2cccc(OC)c2O)ccc1O. The molecule has 0 saturated carbocycles. The summed E-state index contributed by atoms with van der Waals surface area (Å²) in [5.41, 5.74) is 1.07. The van der Waals surface area contributed by atoms with Gasteiger partial charge in [-0.2, -0.15) is 0 Å². The minimum atomic E-state index is -0.393. The summed E-state index contributed by atoms with van der Waals surface area (Å²) in [6.45, 7) is 0. The summed E-state index contributed by atoms with van der Waals surface area (Å²) in [7, 11) is 2.86. The minimum absolute atomic E-state index is 0.00193. The molecule has 0 heterocycles. The first kappa shape index (κ1) is 19.8. The fourth-order valence-electron chi connectivity index (χ4n) is 2.30. The Morgan fingerprint density at radius 2 is 1.59 bits per heavy atom. The van der Waals surface area contributed by atoms with Crippen LogP contribution < -0.4 is 9.47 Å². The summed E-state index contributed by atoms with van der Waals surface area (Å²) in [5.74, 6) is -0.241. The third-order valence-corrected chi connectivity index (χ3v) is 3.71. The number of para-hydroxylation sites is 1. The zero-order valence-corrected chi connectivity index (χ0v) is 15.0. The molecule has 0 spiro atoms. The predicted molar refractivity (Wildman–Crippen MR) is 102 cm³/mol. The molecular formula is C21H20O6. The Bertz CT molecular complexity index is 896. The second-order valence-corrected chi connectivity index (χ2v) is 5.61. The van der Waals surface area contributed by atoms with Gasteiger partial charge in [0, 0.05) is 5.56 Å². The van der Waals surface area contributed by atoms with Crippen LogP contribution in [0, 0.1) is 0 Å². The molecule has 2 aromatic rings. The lowest BCUT2D eigenvalue weighted by molar-refractivity contribution is -0.121. The fraction of sp³-hybridized carbons (Fsp3) is 0.143. The van der Waals surface area contributed by atoms with Gasteiger partial charge in [0.25, 0.3) is 0 Å². The van der Waals surface area contributed by atoms with E-state index in [0.29, 0.717) is 22.6 Å². The number of aromatic hydroxyl groups is 2. The molecule has 0 amide bonds. The van der Waals surface area contributed by atoms with Gasteiger partial charge in [0.1, 0.15) is 0 Å². The van der Waals surface area contributed by atoms with Crippen molar-refractivity contribution >= 4 is 23.7 Å². The maximum Gasteiger partial charge on any atom is 0.165 e. The maximum absolute atomic E-state index is 11.9. The van der Waals surface area contributed by atoms with Crippen LogP contribution in [0.1, 0.15) is 17.5 Å². The quantitative estimate of drug-likeness (QED) is 0.548. The smallest absolute Gasteiger partial charge is 0.165 e. The van der Waals surface area contributed by atoms with Crippen molar-refractivity contribution < 1.29 is 29.3 Å². The van der Waals surface area contributed by atoms with E-state index in [-0.39, 0.29) is 23.7 Å². The van der Waals surface area contributed by atoms with E-state index in [9.17, 15) is 19.8 Å². The first-order chi connectivity index (χ1) is 12.9. The number of allylic oxidation sites excluding steroid dienone is 2. The molecule has 0 saturated heterocycles. The molecule has 6 nitrogen and oxygen atoms in total. The number of hydrogen-bond acceptors (Lipinski definition) is 6. The number of methoxy groups -OCH3 is 2. The fourth-order valence-corrected chi connectivity index (χ4v) is 2.30. The van der Waals surface area contributed by atoms with Crippen molar-refractivity contribution in [1.82, 2.24) is 0 Å². The van der Waals surface area contributed by atoms with Gasteiger partial charge in [-0.1, -0.05) is 24.3 Å². The van der Waals surface area contributed by atoms with Crippen molar-refractivity contribution in [2.75, 3.05) is 14.2 Å². The summed E-state index contributed by atoms with van der Waals surface area (Å²) in [5, 5.41) is 19.5. The highest BCUT2D eigenvalue weighted by molar-refractivity contribution is 6.11. The Kier molecular flexibility index (Phi) is 6.77. The minimum Gasteiger partial charge on any atom is -0.504 e. The zero-order chi connectivity index (χ0) is 19.8. The average molecular weight is 368 g/mol. The van der Waals surface area contributed by atoms with Crippen LogP contribution in [0.3, 0.4) is 0 Å². The van der Waals surface area contributed by atoms with Gasteiger partial charge < -0.3 is 19.7 Å². The third kappa shape index (κ3) is 5.47. The van der Waals surface area contributed by atoms with Crippen LogP contribution in [-0.2, 0) is 9.59 Å². The van der Waals surface area contributed by atoms with E-state index < -0.39 is 5.78 Å². The molecule has 0 aliphatic carbocycles. The van der Waals surface area contributed by atoms with Crippen molar-refractivity contribution in [3.63, 3.8) is 0 Å². The molecule has 0 aliphatic rings. The molecule has 2 rings (SSSR count). The van der Waals surface area contributed by atoms with Crippen molar-refractivity contribution in [2.24, 2.45) is 0 Å². The number of phenols is 2. The van der Waals surface area contributed by atoms with Gasteiger partial charge in [0.2, 0.25) is 0 Å². The normalized spacial score (nSPS) is 11.0. The maximum atomic E-state index is 11.9. The molecule has 0 aliphatic heterocycles. The van der Waals surface area contributed by atoms with E-state index in [2.05, 4.69) is 0 Å². The van der Waals surface area contributed by atoms with E-state index in [1.807, 2.05) is 0 Å². The molecule has 2 aromatic carbocycles. The van der Waals surface area contributed by atoms with Crippen molar-refractivity contribution in [3.8, 4) is 23.0 Å². The Labute approximate surface area is 157 Å². The first-order valence-corrected chi connectivity index (χ1v) is 8.09. The lowest BCUT2D eigenvalue weighted by Crippen LogP contribution is -2.01. The van der Waals surface area contributed by atoms with Gasteiger partial charge in [-0.05, 0) is 42.0 Å². The topological polar surface area (TPSA) is 93.1 Å². The molecule has 6 heteroatoms. The van der Waals surface area contributed by atoms with Gasteiger partial charge in [-0.3, -0.25) is 9.59 Å². The molecule has 0 fully saturated rings. The largest absolute Gasteiger partial charge is 0.504 e. The van der Waals surface area contributed by atoms with Crippen LogP contribution in [0.4, 0.5) is 0 Å². The Balaban J connectivity index is 1.98. The Morgan fingerprint density at radius 1 is 0.926 bits per heavy atom. The number of carbonyl (C=O) groups is 2. The number of ketones is 2. The Hall–Kier alpha value is -3.54. The van der Waals surface area contributed by atoms with Crippen LogP contribution in [0.5, 0.6) is 23.0 Å². The number of benzene rings is 2. The lowest BCUT2D eigenvalue weighted by Gasteiger charge is -2.05. The molecular weight excluding hydrogens is 348 g/mol. The standard InChI is InChI=1S/C21H20O6/c1-26-19-5-3-4-15(21(19)25)8-10-17(23)13-16(22)9-6-14-7-11-18(24)20(12-14)27-2/h3-12,24-25H,13H2,1-2H3/b9-6+,10-8+. The molecule has 0 bridgehead atoms. The average Bonchev–Trinajstić information content (AvgIpc) is 2.66. The van der Waals surface area contributed by atoms with Crippen LogP contribution in [-0.4, -0.2) is 36.0 Å². The molecule has 0 atom stereocenters. The second kappa shape index (κ2) is 9.24. The number of carbonyl (C=O) groups excluding carboxylic acids is 2. The van der Waals surface area contributed by atoms with Gasteiger partial charge in [0.05, 0.1) is 20.6 Å². The summed E-state index contributed by atoms with van der Waals surface area (Å²) in [6, 6.07) is 9.56. The number of ether oxygens (including phenoxy) is 2. The molecule has 0 aromatic heterocycles. The van der Waals surface area contributed by atoms with Crippen LogP contribution in [0.25, 0.3) is 12.2 Å². The Morgan fingerprint density at radius 3 is 2.26 bits per heavy atom. The molecule has 2 N–H and O–H groups in total. The molecule has 0 unspecified atom stereocenters. The molecule has 140 valence electrons.